The molecule has 0 aliphatic heterocycles. The lowest BCUT2D eigenvalue weighted by Gasteiger charge is -2.10. The van der Waals surface area contributed by atoms with Gasteiger partial charge in [-0.3, -0.25) is 14.1 Å². The van der Waals surface area contributed by atoms with Gasteiger partial charge in [0.15, 0.2) is 0 Å². The third-order valence-corrected chi connectivity index (χ3v) is 6.74. The summed E-state index contributed by atoms with van der Waals surface area (Å²) in [5, 5.41) is 4.43. The molecule has 0 spiro atoms. The minimum Gasteiger partial charge on any atom is -0.280 e. The Morgan fingerprint density at radius 2 is 1.36 bits per heavy atom. The van der Waals surface area contributed by atoms with Gasteiger partial charge in [0.1, 0.15) is 4.90 Å². The van der Waals surface area contributed by atoms with Crippen LogP contribution in [0.1, 0.15) is 6.92 Å². The zero-order valence-corrected chi connectivity index (χ0v) is 17.1. The summed E-state index contributed by atoms with van der Waals surface area (Å²) in [6.07, 6.45) is 2.66. The zero-order valence-electron chi connectivity index (χ0n) is 14.7. The van der Waals surface area contributed by atoms with Crippen LogP contribution in [0, 0.1) is 0 Å². The molecule has 2 aromatic carbocycles. The predicted octanol–water partition coefficient (Wildman–Crippen LogP) is 3.16. The Morgan fingerprint density at radius 3 is 1.86 bits per heavy atom. The van der Waals surface area contributed by atoms with Gasteiger partial charge >= 0.3 is 0 Å². The fourth-order valence-corrected chi connectivity index (χ4v) is 4.50. The third kappa shape index (κ3) is 4.64. The summed E-state index contributed by atoms with van der Waals surface area (Å²) in [6, 6.07) is 11.6. The maximum atomic E-state index is 12.4. The Labute approximate surface area is 168 Å². The molecule has 0 amide bonds. The van der Waals surface area contributed by atoms with Crippen molar-refractivity contribution in [3.05, 3.63) is 65.9 Å². The summed E-state index contributed by atoms with van der Waals surface area (Å²) in [5.41, 5.74) is 0.594. The van der Waals surface area contributed by atoms with Crippen molar-refractivity contribution in [3.8, 4) is 0 Å². The van der Waals surface area contributed by atoms with Crippen LogP contribution < -0.4 is 9.44 Å². The highest BCUT2D eigenvalue weighted by molar-refractivity contribution is 7.93. The molecule has 0 fully saturated rings. The minimum absolute atomic E-state index is 0.01000. The fraction of sp³-hybridized carbons (Fsp3) is 0.118. The summed E-state index contributed by atoms with van der Waals surface area (Å²) in [4.78, 5) is 0.0136. The average Bonchev–Trinajstić information content (AvgIpc) is 3.14. The molecule has 0 radical (unpaired) electrons. The highest BCUT2D eigenvalue weighted by Crippen LogP contribution is 2.21. The normalized spacial score (nSPS) is 11.9. The molecule has 0 saturated carbocycles. The van der Waals surface area contributed by atoms with Crippen LogP contribution in [0.4, 0.5) is 11.4 Å². The number of halogens is 1. The van der Waals surface area contributed by atoms with Crippen molar-refractivity contribution in [2.45, 2.75) is 23.3 Å². The van der Waals surface area contributed by atoms with Crippen molar-refractivity contribution in [2.24, 2.45) is 0 Å². The van der Waals surface area contributed by atoms with E-state index in [-0.39, 0.29) is 15.5 Å². The van der Waals surface area contributed by atoms with Crippen molar-refractivity contribution < 1.29 is 16.8 Å². The largest absolute Gasteiger partial charge is 0.280 e. The molecule has 0 atom stereocenters. The van der Waals surface area contributed by atoms with E-state index in [4.69, 9.17) is 11.6 Å². The highest BCUT2D eigenvalue weighted by Gasteiger charge is 2.18. The first-order chi connectivity index (χ1) is 13.2. The molecular weight excluding hydrogens is 424 g/mol. The van der Waals surface area contributed by atoms with Crippen molar-refractivity contribution in [1.82, 2.24) is 9.78 Å². The molecule has 3 aromatic rings. The van der Waals surface area contributed by atoms with Crippen LogP contribution in [-0.2, 0) is 26.6 Å². The van der Waals surface area contributed by atoms with Crippen molar-refractivity contribution >= 4 is 43.0 Å². The lowest BCUT2D eigenvalue weighted by molar-refractivity contribution is 0.599. The van der Waals surface area contributed by atoms with Crippen LogP contribution in [0.5, 0.6) is 0 Å². The van der Waals surface area contributed by atoms with E-state index < -0.39 is 20.0 Å². The molecule has 11 heteroatoms. The summed E-state index contributed by atoms with van der Waals surface area (Å²) < 4.78 is 56.0. The van der Waals surface area contributed by atoms with Gasteiger partial charge in [-0.2, -0.15) is 5.10 Å². The predicted molar refractivity (Wildman–Crippen MR) is 107 cm³/mol. The van der Waals surface area contributed by atoms with E-state index in [0.29, 0.717) is 17.3 Å². The Morgan fingerprint density at radius 1 is 0.857 bits per heavy atom. The number of aromatic nitrogens is 2. The molecule has 0 aliphatic rings. The quantitative estimate of drug-likeness (QED) is 0.586. The molecule has 3 rings (SSSR count). The summed E-state index contributed by atoms with van der Waals surface area (Å²) >= 11 is 5.79. The van der Waals surface area contributed by atoms with Crippen LogP contribution in [0.2, 0.25) is 5.02 Å². The molecule has 0 aliphatic carbocycles. The van der Waals surface area contributed by atoms with Crippen LogP contribution in [-0.4, -0.2) is 26.6 Å². The van der Waals surface area contributed by atoms with Crippen LogP contribution in [0.25, 0.3) is 0 Å². The van der Waals surface area contributed by atoms with Gasteiger partial charge in [-0.05, 0) is 55.5 Å². The van der Waals surface area contributed by atoms with Gasteiger partial charge < -0.3 is 0 Å². The van der Waals surface area contributed by atoms with Gasteiger partial charge in [0, 0.05) is 29.1 Å². The van der Waals surface area contributed by atoms with E-state index in [0.717, 1.165) is 0 Å². The number of nitrogens with one attached hydrogen (secondary N) is 2. The number of aryl methyl sites for hydroxylation is 1. The van der Waals surface area contributed by atoms with E-state index in [1.807, 2.05) is 6.92 Å². The maximum Gasteiger partial charge on any atom is 0.265 e. The van der Waals surface area contributed by atoms with Gasteiger partial charge in [0.2, 0.25) is 0 Å². The van der Waals surface area contributed by atoms with E-state index in [9.17, 15) is 16.8 Å². The van der Waals surface area contributed by atoms with Crippen molar-refractivity contribution in [2.75, 3.05) is 9.44 Å². The van der Waals surface area contributed by atoms with E-state index in [1.54, 1.807) is 24.3 Å². The zero-order chi connectivity index (χ0) is 20.4. The van der Waals surface area contributed by atoms with Gasteiger partial charge in [0.05, 0.1) is 11.1 Å². The first kappa shape index (κ1) is 20.2. The third-order valence-electron chi connectivity index (χ3n) is 3.76. The topological polar surface area (TPSA) is 110 Å². The summed E-state index contributed by atoms with van der Waals surface area (Å²) in [5.74, 6) is 0. The number of nitrogens with zero attached hydrogens (tertiary/aromatic N) is 2. The second-order valence-electron chi connectivity index (χ2n) is 5.77. The first-order valence-corrected chi connectivity index (χ1v) is 11.5. The lowest BCUT2D eigenvalue weighted by atomic mass is 10.3. The van der Waals surface area contributed by atoms with Crippen LogP contribution in [0.15, 0.2) is 70.7 Å². The Bertz CT molecular complexity index is 1170. The standard InChI is InChI=1S/C17H17ClN4O4S2/c1-2-22-12-17(11-19-22)28(25,26)21-15-7-9-16(10-8-15)27(23,24)20-14-5-3-13(18)4-6-14/h3-12,20-21H,2H2,1H3. The fourth-order valence-electron chi connectivity index (χ4n) is 2.30. The number of rotatable bonds is 7. The molecule has 148 valence electrons. The van der Waals surface area contributed by atoms with E-state index in [2.05, 4.69) is 14.5 Å². The Kier molecular flexibility index (Phi) is 5.64. The van der Waals surface area contributed by atoms with E-state index in [1.165, 1.54) is 41.3 Å². The average molecular weight is 441 g/mol. The summed E-state index contributed by atoms with van der Waals surface area (Å²) in [6.45, 7) is 2.39. The molecule has 28 heavy (non-hydrogen) atoms. The van der Waals surface area contributed by atoms with E-state index >= 15 is 0 Å². The van der Waals surface area contributed by atoms with Gasteiger partial charge in [-0.25, -0.2) is 16.8 Å². The minimum atomic E-state index is -3.82. The SMILES string of the molecule is CCn1cc(S(=O)(=O)Nc2ccc(S(=O)(=O)Nc3ccc(Cl)cc3)cc2)cn1. The van der Waals surface area contributed by atoms with Gasteiger partial charge in [-0.1, -0.05) is 11.6 Å². The molecule has 0 unspecified atom stereocenters. The first-order valence-electron chi connectivity index (χ1n) is 8.13. The Hall–Kier alpha value is -2.56. The Balaban J connectivity index is 1.76. The molecule has 8 nitrogen and oxygen atoms in total. The monoisotopic (exact) mass is 440 g/mol. The van der Waals surface area contributed by atoms with Crippen LogP contribution >= 0.6 is 11.6 Å². The number of hydrogen-bond donors (Lipinski definition) is 2. The molecule has 1 aromatic heterocycles. The lowest BCUT2D eigenvalue weighted by Crippen LogP contribution is -2.14. The molecule has 1 heterocycles. The molecular formula is C17H17ClN4O4S2. The maximum absolute atomic E-state index is 12.4. The number of sulfonamides is 2. The number of anilines is 2. The summed E-state index contributed by atoms with van der Waals surface area (Å²) in [7, 11) is -7.64. The molecule has 2 N–H and O–H groups in total. The van der Waals surface area contributed by atoms with Gasteiger partial charge in [-0.15, -0.1) is 0 Å². The van der Waals surface area contributed by atoms with Crippen LogP contribution in [0.3, 0.4) is 0 Å². The smallest absolute Gasteiger partial charge is 0.265 e. The number of hydrogen-bond acceptors (Lipinski definition) is 5. The second kappa shape index (κ2) is 7.82. The number of benzene rings is 2. The van der Waals surface area contributed by atoms with Gasteiger partial charge in [0.25, 0.3) is 20.0 Å². The molecule has 0 bridgehead atoms. The second-order valence-corrected chi connectivity index (χ2v) is 9.58. The van der Waals surface area contributed by atoms with Crippen molar-refractivity contribution in [3.63, 3.8) is 0 Å². The highest BCUT2D eigenvalue weighted by atomic mass is 35.5. The molecule has 0 saturated heterocycles. The van der Waals surface area contributed by atoms with Crippen molar-refractivity contribution in [1.29, 1.82) is 0 Å².